The molecule has 0 aromatic heterocycles. The summed E-state index contributed by atoms with van der Waals surface area (Å²) in [7, 11) is 2.60. The van der Waals surface area contributed by atoms with Crippen LogP contribution >= 0.6 is 9.24 Å². The average molecular weight is 470 g/mol. The van der Waals surface area contributed by atoms with E-state index in [0.717, 1.165) is 64.2 Å². The molecule has 9 heteroatoms. The van der Waals surface area contributed by atoms with E-state index in [9.17, 15) is 26.3 Å². The van der Waals surface area contributed by atoms with Gasteiger partial charge in [0.25, 0.3) is 0 Å². The molecule has 0 amide bonds. The van der Waals surface area contributed by atoms with Crippen molar-refractivity contribution in [2.75, 3.05) is 13.2 Å². The van der Waals surface area contributed by atoms with Gasteiger partial charge in [-0.3, -0.25) is 0 Å². The summed E-state index contributed by atoms with van der Waals surface area (Å²) < 4.78 is 87.6. The number of hydrogen-bond acceptors (Lipinski definition) is 2. The highest BCUT2D eigenvalue weighted by atomic mass is 31.0. The summed E-state index contributed by atoms with van der Waals surface area (Å²) in [5.41, 5.74) is 1.38. The van der Waals surface area contributed by atoms with Crippen molar-refractivity contribution in [1.82, 2.24) is 0 Å². The van der Waals surface area contributed by atoms with Gasteiger partial charge in [-0.15, -0.1) is 9.24 Å². The zero-order valence-corrected chi connectivity index (χ0v) is 18.5. The van der Waals surface area contributed by atoms with Gasteiger partial charge in [-0.05, 0) is 42.8 Å². The first-order chi connectivity index (χ1) is 14.6. The van der Waals surface area contributed by atoms with Crippen LogP contribution in [-0.2, 0) is 0 Å². The maximum Gasteiger partial charge on any atom is 0.422 e. The average Bonchev–Trinajstić information content (AvgIpc) is 2.70. The monoisotopic (exact) mass is 470 g/mol. The third-order valence-electron chi connectivity index (χ3n) is 6.18. The van der Waals surface area contributed by atoms with Gasteiger partial charge in [-0.25, -0.2) is 0 Å². The summed E-state index contributed by atoms with van der Waals surface area (Å²) in [5.74, 6) is 0.0453. The summed E-state index contributed by atoms with van der Waals surface area (Å²) >= 11 is 0. The molecule has 176 valence electrons. The van der Waals surface area contributed by atoms with E-state index < -0.39 is 25.6 Å². The molecule has 1 aromatic rings. The molecule has 0 saturated heterocycles. The number of benzene rings is 1. The minimum absolute atomic E-state index is 0.00837. The molecule has 1 atom stereocenters. The van der Waals surface area contributed by atoms with E-state index in [1.165, 1.54) is 6.07 Å². The Hall–Kier alpha value is -1.17. The second-order valence-corrected chi connectivity index (χ2v) is 9.17. The molecule has 31 heavy (non-hydrogen) atoms. The van der Waals surface area contributed by atoms with Crippen LogP contribution in [0.5, 0.6) is 11.5 Å². The Balaban J connectivity index is 2.07. The highest BCUT2D eigenvalue weighted by Gasteiger charge is 2.34. The predicted molar refractivity (Wildman–Crippen MR) is 111 cm³/mol. The van der Waals surface area contributed by atoms with Crippen molar-refractivity contribution in [3.05, 3.63) is 17.2 Å². The van der Waals surface area contributed by atoms with Gasteiger partial charge in [-0.1, -0.05) is 38.5 Å². The minimum atomic E-state index is -4.54. The third-order valence-corrected chi connectivity index (χ3v) is 6.80. The summed E-state index contributed by atoms with van der Waals surface area (Å²) in [6.07, 6.45) is 0.266. The van der Waals surface area contributed by atoms with Gasteiger partial charge in [0.1, 0.15) is 11.5 Å². The lowest BCUT2D eigenvalue weighted by Gasteiger charge is -2.32. The van der Waals surface area contributed by atoms with Crippen LogP contribution in [0.4, 0.5) is 26.3 Å². The van der Waals surface area contributed by atoms with Gasteiger partial charge in [-0.2, -0.15) is 26.3 Å². The lowest BCUT2D eigenvalue weighted by atomic mass is 9.79. The van der Waals surface area contributed by atoms with Crippen molar-refractivity contribution < 1.29 is 35.8 Å². The highest BCUT2D eigenvalue weighted by Crippen LogP contribution is 2.45. The third kappa shape index (κ3) is 6.90. The molecule has 1 unspecified atom stereocenters. The van der Waals surface area contributed by atoms with E-state index >= 15 is 0 Å². The fraction of sp³-hybridized carbons (Fsp3) is 0.727. The number of alkyl halides is 6. The lowest BCUT2D eigenvalue weighted by Crippen LogP contribution is -2.26. The molecule has 2 fully saturated rings. The maximum atomic E-state index is 12.9. The molecule has 2 saturated carbocycles. The second kappa shape index (κ2) is 10.2. The fourth-order valence-electron chi connectivity index (χ4n) is 4.87. The molecule has 0 aliphatic heterocycles. The van der Waals surface area contributed by atoms with E-state index in [1.54, 1.807) is 0 Å². The second-order valence-electron chi connectivity index (χ2n) is 8.59. The summed E-state index contributed by atoms with van der Waals surface area (Å²) in [6, 6.07) is 1.28. The Morgan fingerprint density at radius 2 is 1.03 bits per heavy atom. The Morgan fingerprint density at radius 3 is 1.35 bits per heavy atom. The normalized spacial score (nSPS) is 19.5. The smallest absolute Gasteiger partial charge is 0.422 e. The molecular weight excluding hydrogens is 441 g/mol. The minimum Gasteiger partial charge on any atom is -0.484 e. The predicted octanol–water partition coefficient (Wildman–Crippen LogP) is 7.16. The molecule has 1 aromatic carbocycles. The zero-order valence-electron chi connectivity index (χ0n) is 17.4. The zero-order chi connectivity index (χ0) is 22.6. The summed E-state index contributed by atoms with van der Waals surface area (Å²) in [5, 5.41) is 0.663. The summed E-state index contributed by atoms with van der Waals surface area (Å²) in [6.45, 7) is -2.98. The molecule has 0 N–H and O–H groups in total. The van der Waals surface area contributed by atoms with Gasteiger partial charge in [0.2, 0.25) is 0 Å². The Kier molecular flexibility index (Phi) is 8.04. The van der Waals surface area contributed by atoms with Crippen molar-refractivity contribution in [3.8, 4) is 11.5 Å². The molecule has 2 nitrogen and oxygen atoms in total. The van der Waals surface area contributed by atoms with Crippen LogP contribution in [0.15, 0.2) is 6.07 Å². The standard InChI is InChI=1S/C22H29F6O2P/c23-21(24,25)12-29-16-11-17(30-13-22(26,27)28)19(15-9-5-2-6-10-15)20(31)18(16)14-7-3-1-4-8-14/h11,14-15H,1-10,12-13,31H2. The van der Waals surface area contributed by atoms with Gasteiger partial charge in [0.05, 0.1) is 0 Å². The van der Waals surface area contributed by atoms with E-state index in [-0.39, 0.29) is 23.3 Å². The number of halogens is 6. The topological polar surface area (TPSA) is 18.5 Å². The SMILES string of the molecule is FC(F)(F)COc1cc(OCC(F)(F)F)c(C2CCCCC2)c(P)c1C1CCCCC1. The molecule has 0 heterocycles. The van der Waals surface area contributed by atoms with Crippen LogP contribution in [0.2, 0.25) is 0 Å². The van der Waals surface area contributed by atoms with E-state index in [1.807, 2.05) is 0 Å². The molecule has 0 radical (unpaired) electrons. The largest absolute Gasteiger partial charge is 0.484 e. The van der Waals surface area contributed by atoms with Crippen molar-refractivity contribution in [2.45, 2.75) is 88.4 Å². The van der Waals surface area contributed by atoms with Crippen LogP contribution in [0, 0.1) is 0 Å². The van der Waals surface area contributed by atoms with Crippen LogP contribution in [0.1, 0.15) is 87.2 Å². The molecule has 2 aliphatic rings. The van der Waals surface area contributed by atoms with E-state index in [2.05, 4.69) is 9.24 Å². The molecule has 0 spiro atoms. The highest BCUT2D eigenvalue weighted by molar-refractivity contribution is 7.27. The molecule has 2 aliphatic carbocycles. The molecular formula is C22H29F6O2P. The van der Waals surface area contributed by atoms with E-state index in [0.29, 0.717) is 16.4 Å². The first kappa shape index (κ1) is 24.5. The van der Waals surface area contributed by atoms with Gasteiger partial charge in [0.15, 0.2) is 13.2 Å². The Labute approximate surface area is 181 Å². The van der Waals surface area contributed by atoms with Crippen molar-refractivity contribution >= 4 is 14.5 Å². The molecule has 3 rings (SSSR count). The van der Waals surface area contributed by atoms with Crippen LogP contribution < -0.4 is 14.8 Å². The number of hydrogen-bond donors (Lipinski definition) is 0. The Bertz CT molecular complexity index is 677. The van der Waals surface area contributed by atoms with Gasteiger partial charge < -0.3 is 9.47 Å². The van der Waals surface area contributed by atoms with E-state index in [4.69, 9.17) is 9.47 Å². The number of rotatable bonds is 6. The van der Waals surface area contributed by atoms with Crippen LogP contribution in [-0.4, -0.2) is 25.6 Å². The van der Waals surface area contributed by atoms with Crippen LogP contribution in [0.3, 0.4) is 0 Å². The van der Waals surface area contributed by atoms with Crippen molar-refractivity contribution in [2.24, 2.45) is 0 Å². The Morgan fingerprint density at radius 1 is 0.677 bits per heavy atom. The maximum absolute atomic E-state index is 12.9. The van der Waals surface area contributed by atoms with Gasteiger partial charge >= 0.3 is 12.4 Å². The van der Waals surface area contributed by atoms with Crippen LogP contribution in [0.25, 0.3) is 0 Å². The van der Waals surface area contributed by atoms with Gasteiger partial charge in [0, 0.05) is 17.2 Å². The number of ether oxygens (including phenoxy) is 2. The van der Waals surface area contributed by atoms with Crippen molar-refractivity contribution in [1.29, 1.82) is 0 Å². The first-order valence-corrected chi connectivity index (χ1v) is 11.5. The summed E-state index contributed by atoms with van der Waals surface area (Å²) in [4.78, 5) is 0. The van der Waals surface area contributed by atoms with Crippen molar-refractivity contribution in [3.63, 3.8) is 0 Å². The fourth-order valence-corrected chi connectivity index (χ4v) is 5.62. The quantitative estimate of drug-likeness (QED) is 0.324. The first-order valence-electron chi connectivity index (χ1n) is 10.9. The lowest BCUT2D eigenvalue weighted by molar-refractivity contribution is -0.154. The molecule has 0 bridgehead atoms.